The summed E-state index contributed by atoms with van der Waals surface area (Å²) in [5.41, 5.74) is 0.407. The van der Waals surface area contributed by atoms with E-state index in [1.165, 1.54) is 22.8 Å². The minimum atomic E-state index is -4.18. The van der Waals surface area contributed by atoms with Gasteiger partial charge in [0.05, 0.1) is 27.5 Å². The second-order valence-corrected chi connectivity index (χ2v) is 12.8. The number of nitrogens with one attached hydrogen (secondary N) is 1. The third-order valence-corrected chi connectivity index (χ3v) is 8.88. The molecular weight excluding hydrogens is 588 g/mol. The van der Waals surface area contributed by atoms with E-state index in [-0.39, 0.29) is 41.8 Å². The molecule has 0 unspecified atom stereocenters. The van der Waals surface area contributed by atoms with Crippen LogP contribution in [0.1, 0.15) is 19.4 Å². The highest BCUT2D eigenvalue weighted by Crippen LogP contribution is 2.22. The number of nitrogens with zero attached hydrogens (tertiary/aromatic N) is 3. The summed E-state index contributed by atoms with van der Waals surface area (Å²) in [6, 6.07) is 20.0. The number of aliphatic hydroxyl groups is 1. The Labute approximate surface area is 254 Å². The molecule has 3 aromatic carbocycles. The highest BCUT2D eigenvalue weighted by molar-refractivity contribution is 7.89. The van der Waals surface area contributed by atoms with Gasteiger partial charge in [-0.2, -0.15) is 4.31 Å². The molecule has 0 aliphatic carbocycles. The number of amides is 1. The Morgan fingerprint density at radius 3 is 2.30 bits per heavy atom. The first kappa shape index (κ1) is 32.3. The molecule has 13 heteroatoms. The van der Waals surface area contributed by atoms with Crippen LogP contribution in [0, 0.1) is 16.0 Å². The number of phenols is 1. The molecule has 0 radical (unpaired) electrons. The maximum atomic E-state index is 13.6. The van der Waals surface area contributed by atoms with Crippen molar-refractivity contribution in [2.75, 3.05) is 13.1 Å². The molecule has 1 aromatic heterocycles. The molecule has 1 heterocycles. The van der Waals surface area contributed by atoms with Crippen LogP contribution in [-0.4, -0.2) is 63.6 Å². The number of sulfonamides is 1. The fourth-order valence-corrected chi connectivity index (χ4v) is 6.51. The van der Waals surface area contributed by atoms with Crippen LogP contribution in [0.4, 0.5) is 5.69 Å². The maximum Gasteiger partial charge on any atom is 0.269 e. The van der Waals surface area contributed by atoms with Crippen molar-refractivity contribution >= 4 is 32.5 Å². The second-order valence-electron chi connectivity index (χ2n) is 10.9. The van der Waals surface area contributed by atoms with Gasteiger partial charge in [-0.25, -0.2) is 8.42 Å². The van der Waals surface area contributed by atoms with Gasteiger partial charge in [-0.3, -0.25) is 24.3 Å². The van der Waals surface area contributed by atoms with Crippen molar-refractivity contribution in [2.45, 2.75) is 43.9 Å². The average Bonchev–Trinajstić information content (AvgIpc) is 2.98. The standard InChI is InChI=1S/C31H34N4O8S/c1-21(2)18-33(44(42,43)26-13-10-24(11-14-26)35(40)41)19-29(37)27(16-22-6-4-3-5-7-22)32-30(38)20-34-28-17-25(36)12-8-23(28)9-15-31(34)39/h3-15,17,21,27,29,36-37H,16,18-20H2,1-2H3,(H,32,38)/t27-,29+/m0/s1. The minimum absolute atomic E-state index is 0.0390. The van der Waals surface area contributed by atoms with Gasteiger partial charge in [0.2, 0.25) is 15.9 Å². The van der Waals surface area contributed by atoms with E-state index in [9.17, 15) is 38.3 Å². The van der Waals surface area contributed by atoms with E-state index >= 15 is 0 Å². The molecular formula is C31H34N4O8S. The molecule has 3 N–H and O–H groups in total. The summed E-state index contributed by atoms with van der Waals surface area (Å²) in [5.74, 6) is -0.808. The molecule has 0 saturated heterocycles. The smallest absolute Gasteiger partial charge is 0.269 e. The van der Waals surface area contributed by atoms with Crippen molar-refractivity contribution in [2.24, 2.45) is 5.92 Å². The Bertz CT molecular complexity index is 1790. The quantitative estimate of drug-likeness (QED) is 0.151. The van der Waals surface area contributed by atoms with E-state index in [2.05, 4.69) is 5.32 Å². The monoisotopic (exact) mass is 622 g/mol. The number of benzene rings is 3. The Hall–Kier alpha value is -4.59. The number of aromatic hydroxyl groups is 1. The van der Waals surface area contributed by atoms with Crippen molar-refractivity contribution in [3.63, 3.8) is 0 Å². The number of aliphatic hydroxyl groups excluding tert-OH is 1. The van der Waals surface area contributed by atoms with Gasteiger partial charge in [-0.1, -0.05) is 44.2 Å². The second kappa shape index (κ2) is 13.8. The number of fused-ring (bicyclic) bond motifs is 1. The van der Waals surface area contributed by atoms with Gasteiger partial charge in [-0.05, 0) is 53.6 Å². The third-order valence-electron chi connectivity index (χ3n) is 7.03. The summed E-state index contributed by atoms with van der Waals surface area (Å²) >= 11 is 0. The van der Waals surface area contributed by atoms with Gasteiger partial charge in [0.25, 0.3) is 11.2 Å². The van der Waals surface area contributed by atoms with Gasteiger partial charge >= 0.3 is 0 Å². The average molecular weight is 623 g/mol. The number of non-ortho nitro benzene ring substituents is 1. The van der Waals surface area contributed by atoms with E-state index in [1.807, 2.05) is 32.0 Å². The Balaban J connectivity index is 1.62. The number of carbonyl (C=O) groups excluding carboxylic acids is 1. The number of hydrogen-bond acceptors (Lipinski definition) is 8. The molecule has 232 valence electrons. The topological polar surface area (TPSA) is 172 Å². The molecule has 4 rings (SSSR count). The van der Waals surface area contributed by atoms with E-state index in [0.29, 0.717) is 10.9 Å². The fraction of sp³-hybridized carbons (Fsp3) is 0.290. The van der Waals surface area contributed by atoms with Crippen molar-refractivity contribution < 1.29 is 28.3 Å². The number of phenolic OH excluding ortho intramolecular Hbond substituents is 1. The molecule has 0 spiro atoms. The van der Waals surface area contributed by atoms with Gasteiger partial charge in [-0.15, -0.1) is 0 Å². The van der Waals surface area contributed by atoms with Gasteiger partial charge in [0.15, 0.2) is 0 Å². The number of aromatic nitrogens is 1. The summed E-state index contributed by atoms with van der Waals surface area (Å²) in [6.45, 7) is 2.88. The van der Waals surface area contributed by atoms with Crippen LogP contribution in [0.3, 0.4) is 0 Å². The summed E-state index contributed by atoms with van der Waals surface area (Å²) in [6.07, 6.45) is -1.22. The zero-order valence-electron chi connectivity index (χ0n) is 24.2. The number of nitro benzene ring substituents is 1. The van der Waals surface area contributed by atoms with Crippen LogP contribution in [0.2, 0.25) is 0 Å². The van der Waals surface area contributed by atoms with Crippen molar-refractivity contribution in [3.8, 4) is 5.75 Å². The van der Waals surface area contributed by atoms with Crippen LogP contribution < -0.4 is 10.9 Å². The maximum absolute atomic E-state index is 13.6. The Kier molecular flexibility index (Phi) is 10.1. The van der Waals surface area contributed by atoms with E-state index < -0.39 is 45.1 Å². The van der Waals surface area contributed by atoms with Gasteiger partial charge in [0, 0.05) is 37.4 Å². The predicted octanol–water partition coefficient (Wildman–Crippen LogP) is 3.05. The first-order valence-electron chi connectivity index (χ1n) is 13.9. The lowest BCUT2D eigenvalue weighted by molar-refractivity contribution is -0.384. The summed E-state index contributed by atoms with van der Waals surface area (Å²) < 4.78 is 29.5. The minimum Gasteiger partial charge on any atom is -0.508 e. The molecule has 12 nitrogen and oxygen atoms in total. The van der Waals surface area contributed by atoms with Gasteiger partial charge < -0.3 is 15.5 Å². The number of nitro groups is 1. The highest BCUT2D eigenvalue weighted by Gasteiger charge is 2.31. The van der Waals surface area contributed by atoms with Crippen molar-refractivity contribution in [3.05, 3.63) is 111 Å². The zero-order valence-corrected chi connectivity index (χ0v) is 25.1. The Morgan fingerprint density at radius 1 is 1.00 bits per heavy atom. The van der Waals surface area contributed by atoms with E-state index in [1.54, 1.807) is 24.3 Å². The number of hydrogen-bond donors (Lipinski definition) is 3. The third kappa shape index (κ3) is 7.86. The van der Waals surface area contributed by atoms with Crippen molar-refractivity contribution in [1.82, 2.24) is 14.2 Å². The van der Waals surface area contributed by atoms with E-state index in [0.717, 1.165) is 34.1 Å². The first-order chi connectivity index (χ1) is 20.8. The normalized spacial score (nSPS) is 13.2. The summed E-state index contributed by atoms with van der Waals surface area (Å²) in [5, 5.41) is 35.9. The van der Waals surface area contributed by atoms with Crippen LogP contribution >= 0.6 is 0 Å². The molecule has 0 aliphatic heterocycles. The molecule has 44 heavy (non-hydrogen) atoms. The van der Waals surface area contributed by atoms with Crippen LogP contribution in [-0.2, 0) is 27.8 Å². The van der Waals surface area contributed by atoms with Crippen LogP contribution in [0.25, 0.3) is 10.9 Å². The van der Waals surface area contributed by atoms with Crippen molar-refractivity contribution in [1.29, 1.82) is 0 Å². The fourth-order valence-electron chi connectivity index (χ4n) is 4.89. The number of pyridine rings is 1. The van der Waals surface area contributed by atoms with Gasteiger partial charge in [0.1, 0.15) is 12.3 Å². The largest absolute Gasteiger partial charge is 0.508 e. The first-order valence-corrected chi connectivity index (χ1v) is 15.4. The SMILES string of the molecule is CC(C)CN(C[C@@H](O)[C@H](Cc1ccccc1)NC(=O)Cn1c(=O)ccc2ccc(O)cc21)S(=O)(=O)c1ccc([N+](=O)[O-])cc1. The molecule has 0 fully saturated rings. The lowest BCUT2D eigenvalue weighted by Crippen LogP contribution is -2.52. The molecule has 0 saturated carbocycles. The molecule has 1 amide bonds. The Morgan fingerprint density at radius 2 is 1.66 bits per heavy atom. The summed E-state index contributed by atoms with van der Waals surface area (Å²) in [4.78, 5) is 36.3. The van der Waals surface area contributed by atoms with Crippen LogP contribution in [0.5, 0.6) is 5.75 Å². The highest BCUT2D eigenvalue weighted by atomic mass is 32.2. The predicted molar refractivity (Wildman–Crippen MR) is 165 cm³/mol. The molecule has 0 bridgehead atoms. The molecule has 0 aliphatic rings. The summed E-state index contributed by atoms with van der Waals surface area (Å²) in [7, 11) is -4.18. The van der Waals surface area contributed by atoms with Crippen LogP contribution in [0.15, 0.2) is 94.6 Å². The number of carbonyl (C=O) groups is 1. The lowest BCUT2D eigenvalue weighted by Gasteiger charge is -2.31. The number of rotatable bonds is 13. The lowest BCUT2D eigenvalue weighted by atomic mass is 10.0. The molecule has 2 atom stereocenters. The van der Waals surface area contributed by atoms with E-state index in [4.69, 9.17) is 0 Å². The molecule has 4 aromatic rings. The zero-order chi connectivity index (χ0) is 32.0.